The number of nitrogens with zero attached hydrogens (tertiary/aromatic N) is 5. The van der Waals surface area contributed by atoms with Crippen molar-refractivity contribution in [2.75, 3.05) is 112 Å². The van der Waals surface area contributed by atoms with Crippen LogP contribution in [0.2, 0.25) is 0 Å². The summed E-state index contributed by atoms with van der Waals surface area (Å²) >= 11 is 0. The molecule has 0 bridgehead atoms. The van der Waals surface area contributed by atoms with Gasteiger partial charge in [0.25, 0.3) is 5.91 Å². The third-order valence-electron chi connectivity index (χ3n) is 6.68. The molecule has 0 aliphatic carbocycles. The highest BCUT2D eigenvalue weighted by molar-refractivity contribution is 5.99. The molecular formula is C30H48N6O12. The van der Waals surface area contributed by atoms with Gasteiger partial charge in [0.2, 0.25) is 5.91 Å². The van der Waals surface area contributed by atoms with Crippen molar-refractivity contribution in [1.29, 1.82) is 0 Å². The van der Waals surface area contributed by atoms with E-state index in [1.165, 1.54) is 30.3 Å². The summed E-state index contributed by atoms with van der Waals surface area (Å²) in [5.41, 5.74) is 8.34. The van der Waals surface area contributed by atoms with Gasteiger partial charge in [-0.3, -0.25) is 14.6 Å². The number of nitrogens with one attached hydrogen (secondary N) is 1. The minimum Gasteiger partial charge on any atom is -0.489 e. The predicted octanol–water partition coefficient (Wildman–Crippen LogP) is 1.08. The quantitative estimate of drug-likeness (QED) is 0.0523. The third-order valence-corrected chi connectivity index (χ3v) is 6.68. The Morgan fingerprint density at radius 1 is 0.896 bits per heavy atom. The maximum absolute atomic E-state index is 12.9. The molecule has 0 radical (unpaired) electrons. The lowest BCUT2D eigenvalue weighted by Gasteiger charge is -2.25. The first-order valence-corrected chi connectivity index (χ1v) is 15.9. The minimum atomic E-state index is -1.05. The molecule has 2 rings (SSSR count). The lowest BCUT2D eigenvalue weighted by Crippen LogP contribution is -2.50. The molecule has 18 nitrogen and oxygen atoms in total. The summed E-state index contributed by atoms with van der Waals surface area (Å²) in [6.07, 6.45) is 3.84. The Morgan fingerprint density at radius 2 is 1.40 bits per heavy atom. The Bertz CT molecular complexity index is 1110. The topological polar surface area (TPSA) is 222 Å². The minimum absolute atomic E-state index is 0.161. The maximum Gasteiger partial charge on any atom is 0.326 e. The Kier molecular flexibility index (Phi) is 22.3. The number of carbonyl (C=O) groups is 3. The highest BCUT2D eigenvalue weighted by Gasteiger charge is 2.36. The molecule has 1 saturated heterocycles. The third kappa shape index (κ3) is 17.5. The second-order valence-electron chi connectivity index (χ2n) is 10.2. The van der Waals surface area contributed by atoms with E-state index in [0.29, 0.717) is 112 Å². The molecule has 2 atom stereocenters. The molecule has 1 aliphatic heterocycles. The van der Waals surface area contributed by atoms with Crippen LogP contribution in [0.25, 0.3) is 10.4 Å². The number of hydrogen-bond donors (Lipinski definition) is 2. The van der Waals surface area contributed by atoms with E-state index in [9.17, 15) is 19.5 Å². The predicted molar refractivity (Wildman–Crippen MR) is 169 cm³/mol. The van der Waals surface area contributed by atoms with Gasteiger partial charge in [-0.15, -0.1) is 0 Å². The Morgan fingerprint density at radius 3 is 1.90 bits per heavy atom. The summed E-state index contributed by atoms with van der Waals surface area (Å²) in [6.45, 7) is 8.09. The molecule has 0 spiro atoms. The number of azide groups is 1. The van der Waals surface area contributed by atoms with Crippen LogP contribution in [0, 0.1) is 0 Å². The van der Waals surface area contributed by atoms with E-state index in [1.807, 2.05) is 0 Å². The summed E-state index contributed by atoms with van der Waals surface area (Å²) < 4.78 is 43.5. The molecule has 48 heavy (non-hydrogen) atoms. The summed E-state index contributed by atoms with van der Waals surface area (Å²) in [6, 6.07) is -0.309. The van der Waals surface area contributed by atoms with E-state index in [-0.39, 0.29) is 24.5 Å². The molecule has 1 aromatic rings. The normalized spacial score (nSPS) is 14.8. The molecule has 1 fully saturated rings. The zero-order valence-electron chi connectivity index (χ0n) is 27.5. The Balaban J connectivity index is 1.41. The second kappa shape index (κ2) is 26.4. The molecule has 18 heteroatoms. The van der Waals surface area contributed by atoms with Crippen LogP contribution in [-0.4, -0.2) is 157 Å². The van der Waals surface area contributed by atoms with Crippen LogP contribution in [0.4, 0.5) is 0 Å². The van der Waals surface area contributed by atoms with Gasteiger partial charge in [0.05, 0.1) is 104 Å². The summed E-state index contributed by atoms with van der Waals surface area (Å²) in [5.74, 6) is -1.80. The average molecular weight is 685 g/mol. The summed E-state index contributed by atoms with van der Waals surface area (Å²) in [5, 5.41) is 15.3. The SMILES string of the molecule is C[C@@H](NC(=O)c1ccncc1OCCOCCOCCOCCOCCOCCOCCOCCN=[N+]=[N-])C(=O)N1CCC[C@H]1C(=O)O. The van der Waals surface area contributed by atoms with Crippen molar-refractivity contribution in [3.63, 3.8) is 0 Å². The van der Waals surface area contributed by atoms with Crippen molar-refractivity contribution in [3.05, 3.63) is 34.5 Å². The van der Waals surface area contributed by atoms with Gasteiger partial charge in [-0.05, 0) is 31.4 Å². The fourth-order valence-electron chi connectivity index (χ4n) is 4.34. The van der Waals surface area contributed by atoms with E-state index in [4.69, 9.17) is 43.4 Å². The van der Waals surface area contributed by atoms with Gasteiger partial charge in [-0.25, -0.2) is 4.79 Å². The van der Waals surface area contributed by atoms with Crippen LogP contribution in [0.5, 0.6) is 5.75 Å². The molecule has 0 aromatic carbocycles. The van der Waals surface area contributed by atoms with E-state index in [0.717, 1.165) is 0 Å². The number of likely N-dealkylation sites (tertiary alicyclic amines) is 1. The van der Waals surface area contributed by atoms with Crippen molar-refractivity contribution in [2.24, 2.45) is 5.11 Å². The fraction of sp³-hybridized carbons (Fsp3) is 0.733. The number of carboxylic acids is 1. The zero-order chi connectivity index (χ0) is 34.7. The molecule has 1 aliphatic rings. The summed E-state index contributed by atoms with van der Waals surface area (Å²) in [7, 11) is 0. The smallest absolute Gasteiger partial charge is 0.326 e. The van der Waals surface area contributed by atoms with Gasteiger partial charge in [0.1, 0.15) is 24.4 Å². The lowest BCUT2D eigenvalue weighted by molar-refractivity contribution is -0.148. The van der Waals surface area contributed by atoms with Crippen molar-refractivity contribution in [3.8, 4) is 5.75 Å². The number of hydrogen-bond acceptors (Lipinski definition) is 13. The highest BCUT2D eigenvalue weighted by atomic mass is 16.6. The number of pyridine rings is 1. The van der Waals surface area contributed by atoms with Gasteiger partial charge >= 0.3 is 5.97 Å². The molecule has 2 N–H and O–H groups in total. The molecule has 2 amide bonds. The molecule has 2 heterocycles. The monoisotopic (exact) mass is 684 g/mol. The van der Waals surface area contributed by atoms with E-state index < -0.39 is 29.9 Å². The molecular weight excluding hydrogens is 636 g/mol. The number of carbonyl (C=O) groups excluding carboxylic acids is 2. The fourth-order valence-corrected chi connectivity index (χ4v) is 4.34. The van der Waals surface area contributed by atoms with Gasteiger partial charge in [-0.2, -0.15) is 0 Å². The second-order valence-corrected chi connectivity index (χ2v) is 10.2. The largest absolute Gasteiger partial charge is 0.489 e. The maximum atomic E-state index is 12.9. The van der Waals surface area contributed by atoms with Gasteiger partial charge in [0.15, 0.2) is 0 Å². The first-order chi connectivity index (χ1) is 23.5. The van der Waals surface area contributed by atoms with Gasteiger partial charge in [-0.1, -0.05) is 5.11 Å². The van der Waals surface area contributed by atoms with Crippen LogP contribution >= 0.6 is 0 Å². The first-order valence-electron chi connectivity index (χ1n) is 15.9. The van der Waals surface area contributed by atoms with Gasteiger partial charge in [0, 0.05) is 24.2 Å². The van der Waals surface area contributed by atoms with Crippen LogP contribution in [0.15, 0.2) is 23.6 Å². The van der Waals surface area contributed by atoms with Crippen LogP contribution in [0.3, 0.4) is 0 Å². The van der Waals surface area contributed by atoms with Crippen molar-refractivity contribution in [2.45, 2.75) is 31.8 Å². The average Bonchev–Trinajstić information content (AvgIpc) is 3.59. The number of rotatable bonds is 29. The van der Waals surface area contributed by atoms with Crippen LogP contribution in [0.1, 0.15) is 30.1 Å². The number of amides is 2. The van der Waals surface area contributed by atoms with Gasteiger partial charge < -0.3 is 53.2 Å². The number of aromatic nitrogens is 1. The van der Waals surface area contributed by atoms with Crippen molar-refractivity contribution < 1.29 is 57.4 Å². The highest BCUT2D eigenvalue weighted by Crippen LogP contribution is 2.20. The van der Waals surface area contributed by atoms with E-state index in [1.54, 1.807) is 0 Å². The van der Waals surface area contributed by atoms with Crippen molar-refractivity contribution in [1.82, 2.24) is 15.2 Å². The number of carboxylic acid groups (broad SMARTS) is 1. The summed E-state index contributed by atoms with van der Waals surface area (Å²) in [4.78, 5) is 45.0. The Labute approximate surface area is 279 Å². The Hall–Kier alpha value is -3.61. The lowest BCUT2D eigenvalue weighted by atomic mass is 10.2. The standard InChI is InChI=1S/C30H48N6O12/c1-24(29(38)36-7-2-3-26(36)30(39)40)34-28(37)25-4-5-32-23-27(25)48-22-21-47-20-19-46-18-17-45-16-15-44-14-13-43-12-11-42-10-9-41-8-6-33-35-31/h4-5,23-24,26H,2-3,6-22H2,1H3,(H,34,37)(H,39,40)/t24-,26+/m1/s1. The number of aliphatic carboxylic acids is 1. The molecule has 0 saturated carbocycles. The zero-order valence-corrected chi connectivity index (χ0v) is 27.5. The molecule has 270 valence electrons. The van der Waals surface area contributed by atoms with Crippen LogP contribution in [-0.2, 0) is 42.7 Å². The first kappa shape index (κ1) is 40.6. The van der Waals surface area contributed by atoms with E-state index in [2.05, 4.69) is 20.3 Å². The van der Waals surface area contributed by atoms with E-state index >= 15 is 0 Å². The number of ether oxygens (including phenoxy) is 8. The molecule has 1 aromatic heterocycles. The van der Waals surface area contributed by atoms with Crippen molar-refractivity contribution >= 4 is 17.8 Å². The van der Waals surface area contributed by atoms with Crippen LogP contribution < -0.4 is 10.1 Å². The molecule has 0 unspecified atom stereocenters.